The Morgan fingerprint density at radius 1 is 1.18 bits per heavy atom. The zero-order valence-corrected chi connectivity index (χ0v) is 17.8. The molecule has 28 heavy (non-hydrogen) atoms. The van der Waals surface area contributed by atoms with Crippen LogP contribution in [0.3, 0.4) is 0 Å². The second kappa shape index (κ2) is 9.78. The molecule has 1 amide bonds. The molecule has 1 aromatic carbocycles. The Balaban J connectivity index is 1.56. The van der Waals surface area contributed by atoms with Crippen molar-refractivity contribution in [3.8, 4) is 5.75 Å². The molecule has 1 saturated carbocycles. The van der Waals surface area contributed by atoms with Gasteiger partial charge in [-0.3, -0.25) is 4.79 Å². The van der Waals surface area contributed by atoms with Gasteiger partial charge in [-0.2, -0.15) is 0 Å². The number of amides is 1. The third kappa shape index (κ3) is 4.89. The van der Waals surface area contributed by atoms with Gasteiger partial charge >= 0.3 is 0 Å². The molecule has 0 radical (unpaired) electrons. The third-order valence-electron chi connectivity index (χ3n) is 7.00. The van der Waals surface area contributed by atoms with E-state index in [1.807, 2.05) is 29.2 Å². The number of benzene rings is 1. The zero-order valence-electron chi connectivity index (χ0n) is 17.8. The van der Waals surface area contributed by atoms with Crippen LogP contribution >= 0.6 is 0 Å². The first-order chi connectivity index (χ1) is 13.6. The van der Waals surface area contributed by atoms with Crippen LogP contribution in [0, 0.1) is 11.3 Å². The monoisotopic (exact) mass is 386 g/mol. The number of carbonyl (C=O) groups is 1. The Morgan fingerprint density at radius 3 is 2.46 bits per heavy atom. The number of unbranched alkanes of at least 4 members (excludes halogenated alkanes) is 2. The van der Waals surface area contributed by atoms with Crippen molar-refractivity contribution < 1.29 is 9.53 Å². The van der Waals surface area contributed by atoms with E-state index in [1.54, 1.807) is 7.11 Å². The van der Waals surface area contributed by atoms with E-state index in [1.165, 1.54) is 57.8 Å². The summed E-state index contributed by atoms with van der Waals surface area (Å²) in [6.07, 6.45) is 12.6. The average molecular weight is 387 g/mol. The van der Waals surface area contributed by atoms with Gasteiger partial charge in [0.1, 0.15) is 5.75 Å². The van der Waals surface area contributed by atoms with Gasteiger partial charge in [-0.1, -0.05) is 57.6 Å². The van der Waals surface area contributed by atoms with Crippen LogP contribution in [-0.2, 0) is 11.2 Å². The van der Waals surface area contributed by atoms with Gasteiger partial charge in [0.2, 0.25) is 5.91 Å². The van der Waals surface area contributed by atoms with Crippen LogP contribution in [0.2, 0.25) is 0 Å². The molecule has 0 aromatic heterocycles. The maximum absolute atomic E-state index is 12.9. The summed E-state index contributed by atoms with van der Waals surface area (Å²) < 4.78 is 5.20. The van der Waals surface area contributed by atoms with Gasteiger partial charge in [-0.25, -0.2) is 0 Å². The summed E-state index contributed by atoms with van der Waals surface area (Å²) in [7, 11) is 1.66. The normalized spacial score (nSPS) is 20.5. The van der Waals surface area contributed by atoms with E-state index in [0.717, 1.165) is 30.3 Å². The molecule has 0 unspecified atom stereocenters. The predicted molar refractivity (Wildman–Crippen MR) is 114 cm³/mol. The molecule has 1 heterocycles. The number of nitrogens with two attached hydrogens (primary N) is 1. The molecule has 156 valence electrons. The first-order valence-electron chi connectivity index (χ1n) is 11.3. The fraction of sp³-hybridized carbons (Fsp3) is 0.708. The highest BCUT2D eigenvalue weighted by Crippen LogP contribution is 2.48. The molecule has 3 rings (SSSR count). The molecule has 4 nitrogen and oxygen atoms in total. The highest BCUT2D eigenvalue weighted by atomic mass is 16.5. The van der Waals surface area contributed by atoms with Gasteiger partial charge in [0, 0.05) is 18.5 Å². The van der Waals surface area contributed by atoms with E-state index >= 15 is 0 Å². The summed E-state index contributed by atoms with van der Waals surface area (Å²) in [4.78, 5) is 15.0. The van der Waals surface area contributed by atoms with Crippen molar-refractivity contribution in [2.75, 3.05) is 20.2 Å². The van der Waals surface area contributed by atoms with Gasteiger partial charge in [0.15, 0.2) is 0 Å². The zero-order chi connectivity index (χ0) is 20.0. The van der Waals surface area contributed by atoms with Crippen LogP contribution in [0.1, 0.15) is 70.3 Å². The van der Waals surface area contributed by atoms with Gasteiger partial charge in [-0.15, -0.1) is 0 Å². The summed E-state index contributed by atoms with van der Waals surface area (Å²) in [5, 5.41) is 0. The predicted octanol–water partition coefficient (Wildman–Crippen LogP) is 4.55. The van der Waals surface area contributed by atoms with Gasteiger partial charge in [0.25, 0.3) is 0 Å². The quantitative estimate of drug-likeness (QED) is 0.633. The van der Waals surface area contributed by atoms with Crippen molar-refractivity contribution in [3.05, 3.63) is 29.8 Å². The fourth-order valence-electron chi connectivity index (χ4n) is 5.27. The Bertz CT molecular complexity index is 616. The number of methoxy groups -OCH3 is 1. The van der Waals surface area contributed by atoms with Crippen LogP contribution < -0.4 is 10.5 Å². The first kappa shape index (κ1) is 21.2. The minimum atomic E-state index is -0.451. The van der Waals surface area contributed by atoms with Crippen molar-refractivity contribution >= 4 is 5.91 Å². The Kier molecular flexibility index (Phi) is 7.39. The lowest BCUT2D eigenvalue weighted by Crippen LogP contribution is -2.64. The molecule has 1 aromatic rings. The molecular formula is C24H38N2O2. The second-order valence-electron chi connectivity index (χ2n) is 9.01. The molecule has 1 atom stereocenters. The van der Waals surface area contributed by atoms with Crippen LogP contribution in [0.4, 0.5) is 0 Å². The third-order valence-corrected chi connectivity index (χ3v) is 7.00. The molecule has 0 spiro atoms. The lowest BCUT2D eigenvalue weighted by molar-refractivity contribution is -0.151. The van der Waals surface area contributed by atoms with Gasteiger partial charge in [0.05, 0.1) is 13.2 Å². The smallest absolute Gasteiger partial charge is 0.239 e. The molecule has 1 aliphatic carbocycles. The molecule has 1 aliphatic heterocycles. The fourth-order valence-corrected chi connectivity index (χ4v) is 5.27. The maximum Gasteiger partial charge on any atom is 0.239 e. The minimum absolute atomic E-state index is 0.123. The van der Waals surface area contributed by atoms with E-state index in [9.17, 15) is 4.79 Å². The SMILES string of the molecule is CCCCCC1(C2CCCCC2)CN(C(=O)[C@H](N)Cc2ccc(OC)cc2)C1. The van der Waals surface area contributed by atoms with Crippen molar-refractivity contribution in [1.29, 1.82) is 0 Å². The number of hydrogen-bond donors (Lipinski definition) is 1. The summed E-state index contributed by atoms with van der Waals surface area (Å²) in [5.41, 5.74) is 7.75. The lowest BCUT2D eigenvalue weighted by atomic mass is 9.61. The van der Waals surface area contributed by atoms with E-state index in [0.29, 0.717) is 11.8 Å². The Hall–Kier alpha value is -1.55. The summed E-state index contributed by atoms with van der Waals surface area (Å²) >= 11 is 0. The maximum atomic E-state index is 12.9. The van der Waals surface area contributed by atoms with E-state index in [-0.39, 0.29) is 5.91 Å². The van der Waals surface area contributed by atoms with Crippen LogP contribution in [-0.4, -0.2) is 37.0 Å². The molecule has 4 heteroatoms. The summed E-state index contributed by atoms with van der Waals surface area (Å²) in [6, 6.07) is 7.40. The standard InChI is InChI=1S/C24H38N2O2/c1-3-4-8-15-24(20-9-6-5-7-10-20)17-26(18-24)23(27)22(25)16-19-11-13-21(28-2)14-12-19/h11-14,20,22H,3-10,15-18,25H2,1-2H3/t22-/m1/s1. The van der Waals surface area contributed by atoms with Crippen molar-refractivity contribution in [2.24, 2.45) is 17.1 Å². The number of carbonyl (C=O) groups excluding carboxylic acids is 1. The highest BCUT2D eigenvalue weighted by Gasteiger charge is 2.50. The minimum Gasteiger partial charge on any atom is -0.497 e. The number of likely N-dealkylation sites (tertiary alicyclic amines) is 1. The van der Waals surface area contributed by atoms with Crippen molar-refractivity contribution in [1.82, 2.24) is 4.90 Å². The average Bonchev–Trinajstić information content (AvgIpc) is 2.70. The van der Waals surface area contributed by atoms with Crippen LogP contribution in [0.15, 0.2) is 24.3 Å². The topological polar surface area (TPSA) is 55.6 Å². The summed E-state index contributed by atoms with van der Waals surface area (Å²) in [5.74, 6) is 1.76. The van der Waals surface area contributed by atoms with E-state index in [2.05, 4.69) is 6.92 Å². The van der Waals surface area contributed by atoms with Gasteiger partial charge < -0.3 is 15.4 Å². The molecule has 2 fully saturated rings. The van der Waals surface area contributed by atoms with Gasteiger partial charge in [-0.05, 0) is 49.3 Å². The Morgan fingerprint density at radius 2 is 1.86 bits per heavy atom. The number of rotatable bonds is 9. The molecule has 2 aliphatic rings. The second-order valence-corrected chi connectivity index (χ2v) is 9.01. The summed E-state index contributed by atoms with van der Waals surface area (Å²) in [6.45, 7) is 4.12. The van der Waals surface area contributed by atoms with Crippen molar-refractivity contribution in [3.63, 3.8) is 0 Å². The van der Waals surface area contributed by atoms with Crippen molar-refractivity contribution in [2.45, 2.75) is 77.2 Å². The Labute approximate surface area is 170 Å². The molecular weight excluding hydrogens is 348 g/mol. The van der Waals surface area contributed by atoms with Crippen LogP contribution in [0.5, 0.6) is 5.75 Å². The molecule has 0 bridgehead atoms. The largest absolute Gasteiger partial charge is 0.497 e. The number of hydrogen-bond acceptors (Lipinski definition) is 3. The molecule has 1 saturated heterocycles. The highest BCUT2D eigenvalue weighted by molar-refractivity contribution is 5.83. The number of ether oxygens (including phenoxy) is 1. The van der Waals surface area contributed by atoms with E-state index < -0.39 is 6.04 Å². The number of nitrogens with zero attached hydrogens (tertiary/aromatic N) is 1. The lowest BCUT2D eigenvalue weighted by Gasteiger charge is -2.56. The first-order valence-corrected chi connectivity index (χ1v) is 11.3. The molecule has 2 N–H and O–H groups in total. The van der Waals surface area contributed by atoms with Crippen LogP contribution in [0.25, 0.3) is 0 Å². The van der Waals surface area contributed by atoms with E-state index in [4.69, 9.17) is 10.5 Å².